The summed E-state index contributed by atoms with van der Waals surface area (Å²) >= 11 is 0. The van der Waals surface area contributed by atoms with Crippen molar-refractivity contribution in [2.24, 2.45) is 5.73 Å². The van der Waals surface area contributed by atoms with Gasteiger partial charge in [0.1, 0.15) is 12.6 Å². The van der Waals surface area contributed by atoms with Gasteiger partial charge in [0.05, 0.1) is 25.0 Å². The first-order chi connectivity index (χ1) is 11.1. The van der Waals surface area contributed by atoms with Crippen LogP contribution in [0.1, 0.15) is 22.9 Å². The molecule has 2 aliphatic rings. The largest absolute Gasteiger partial charge is 0.350 e. The highest BCUT2D eigenvalue weighted by atomic mass is 16.7. The van der Waals surface area contributed by atoms with Crippen LogP contribution in [0.2, 0.25) is 0 Å². The number of rotatable bonds is 3. The molecule has 3 amide bonds. The number of fused-ring (bicyclic) bond motifs is 4. The average molecular weight is 313 g/mol. The summed E-state index contributed by atoms with van der Waals surface area (Å²) in [7, 11) is 0. The van der Waals surface area contributed by atoms with Gasteiger partial charge in [-0.3, -0.25) is 4.84 Å². The maximum absolute atomic E-state index is 12.4. The van der Waals surface area contributed by atoms with Gasteiger partial charge < -0.3 is 10.6 Å². The smallest absolute Gasteiger partial charge is 0.345 e. The number of urea groups is 1. The Labute approximate surface area is 132 Å². The normalized spacial score (nSPS) is 19.1. The Morgan fingerprint density at radius 1 is 1.35 bits per heavy atom. The summed E-state index contributed by atoms with van der Waals surface area (Å²) < 4.78 is 1.14. The van der Waals surface area contributed by atoms with Crippen molar-refractivity contribution in [2.45, 2.75) is 19.2 Å². The summed E-state index contributed by atoms with van der Waals surface area (Å²) in [4.78, 5) is 31.2. The summed E-state index contributed by atoms with van der Waals surface area (Å²) in [5.74, 6) is 0. The molecular formula is C15H15N5O3. The van der Waals surface area contributed by atoms with Crippen LogP contribution in [0.5, 0.6) is 0 Å². The van der Waals surface area contributed by atoms with E-state index in [1.54, 1.807) is 11.1 Å². The van der Waals surface area contributed by atoms with Crippen molar-refractivity contribution >= 4 is 12.1 Å². The Bertz CT molecular complexity index is 773. The predicted molar refractivity (Wildman–Crippen MR) is 78.8 cm³/mol. The molecule has 2 aromatic rings. The number of aromatic nitrogens is 2. The summed E-state index contributed by atoms with van der Waals surface area (Å²) in [5.41, 5.74) is 7.74. The number of hydrogen-bond acceptors (Lipinski definition) is 4. The lowest BCUT2D eigenvalue weighted by Gasteiger charge is -2.22. The topological polar surface area (TPSA) is 93.7 Å². The van der Waals surface area contributed by atoms with Crippen molar-refractivity contribution in [1.29, 1.82) is 0 Å². The van der Waals surface area contributed by atoms with E-state index in [2.05, 4.69) is 5.10 Å². The van der Waals surface area contributed by atoms with Gasteiger partial charge >= 0.3 is 12.1 Å². The van der Waals surface area contributed by atoms with Gasteiger partial charge in [0.2, 0.25) is 0 Å². The van der Waals surface area contributed by atoms with Crippen molar-refractivity contribution in [3.8, 4) is 0 Å². The van der Waals surface area contributed by atoms with Gasteiger partial charge in [0.15, 0.2) is 0 Å². The molecule has 0 spiro atoms. The van der Waals surface area contributed by atoms with Crippen LogP contribution >= 0.6 is 0 Å². The van der Waals surface area contributed by atoms with Gasteiger partial charge in [-0.1, -0.05) is 30.3 Å². The number of primary amides is 1. The van der Waals surface area contributed by atoms with E-state index in [9.17, 15) is 9.59 Å². The third kappa shape index (κ3) is 2.15. The summed E-state index contributed by atoms with van der Waals surface area (Å²) in [6.45, 7) is 1.13. The van der Waals surface area contributed by atoms with Crippen molar-refractivity contribution in [2.75, 3.05) is 6.54 Å². The highest BCUT2D eigenvalue weighted by molar-refractivity contribution is 5.79. The standard InChI is InChI=1S/C15H15N5O3/c16-14(21)19-12-7-18-8-13(11(12)6-17-19)20(15(18)22)23-9-10-4-2-1-3-5-10/h1-6,13H,7-9H2,(H2,16,21). The van der Waals surface area contributed by atoms with Crippen LogP contribution in [-0.4, -0.2) is 38.4 Å². The second-order valence-electron chi connectivity index (χ2n) is 5.56. The first kappa shape index (κ1) is 13.8. The third-order valence-corrected chi connectivity index (χ3v) is 4.16. The van der Waals surface area contributed by atoms with Crippen molar-refractivity contribution in [1.82, 2.24) is 19.7 Å². The number of amides is 3. The minimum Gasteiger partial charge on any atom is -0.350 e. The maximum Gasteiger partial charge on any atom is 0.345 e. The monoisotopic (exact) mass is 313 g/mol. The molecule has 2 N–H and O–H groups in total. The number of nitrogens with two attached hydrogens (primary N) is 1. The van der Waals surface area contributed by atoms with Gasteiger partial charge in [-0.15, -0.1) is 0 Å². The molecule has 1 aromatic heterocycles. The minimum atomic E-state index is -0.655. The van der Waals surface area contributed by atoms with Gasteiger partial charge in [-0.2, -0.15) is 14.8 Å². The van der Waals surface area contributed by atoms with E-state index in [-0.39, 0.29) is 12.1 Å². The molecule has 23 heavy (non-hydrogen) atoms. The molecule has 1 saturated heterocycles. The predicted octanol–water partition coefficient (Wildman–Crippen LogP) is 1.23. The molecule has 2 aliphatic heterocycles. The molecule has 118 valence electrons. The molecule has 4 rings (SSSR count). The molecule has 3 heterocycles. The lowest BCUT2D eigenvalue weighted by atomic mass is 10.1. The number of nitrogens with zero attached hydrogens (tertiary/aromatic N) is 4. The molecule has 8 heteroatoms. The summed E-state index contributed by atoms with van der Waals surface area (Å²) in [6, 6.07) is 8.49. The van der Waals surface area contributed by atoms with E-state index < -0.39 is 6.03 Å². The van der Waals surface area contributed by atoms with Crippen molar-refractivity contribution in [3.63, 3.8) is 0 Å². The fourth-order valence-corrected chi connectivity index (χ4v) is 3.05. The average Bonchev–Trinajstić information content (AvgIpc) is 3.09. The lowest BCUT2D eigenvalue weighted by Crippen LogP contribution is -2.32. The number of benzene rings is 1. The number of hydrogen-bond donors (Lipinski definition) is 1. The van der Waals surface area contributed by atoms with E-state index in [0.29, 0.717) is 25.4 Å². The highest BCUT2D eigenvalue weighted by Gasteiger charge is 2.46. The SMILES string of the molecule is NC(=O)n1ncc2c1CN1CC2N(OCc2ccccc2)C1=O. The quantitative estimate of drug-likeness (QED) is 0.922. The van der Waals surface area contributed by atoms with E-state index >= 15 is 0 Å². The third-order valence-electron chi connectivity index (χ3n) is 4.16. The molecule has 0 saturated carbocycles. The molecule has 1 fully saturated rings. The van der Waals surface area contributed by atoms with Crippen LogP contribution in [0.15, 0.2) is 36.5 Å². The molecule has 1 atom stereocenters. The molecule has 0 aliphatic carbocycles. The van der Waals surface area contributed by atoms with Crippen LogP contribution < -0.4 is 5.73 Å². The first-order valence-corrected chi connectivity index (χ1v) is 7.26. The molecule has 2 bridgehead atoms. The molecular weight excluding hydrogens is 298 g/mol. The molecule has 8 nitrogen and oxygen atoms in total. The van der Waals surface area contributed by atoms with Crippen LogP contribution in [0.3, 0.4) is 0 Å². The Hall–Kier alpha value is -2.87. The second kappa shape index (κ2) is 5.10. The Morgan fingerprint density at radius 2 is 2.13 bits per heavy atom. The Morgan fingerprint density at radius 3 is 2.87 bits per heavy atom. The highest BCUT2D eigenvalue weighted by Crippen LogP contribution is 2.37. The van der Waals surface area contributed by atoms with Crippen molar-refractivity contribution in [3.05, 3.63) is 53.3 Å². The number of carbonyl (C=O) groups is 2. The molecule has 1 aromatic carbocycles. The Balaban J connectivity index is 1.59. The van der Waals surface area contributed by atoms with Gasteiger partial charge in [-0.25, -0.2) is 9.59 Å². The zero-order chi connectivity index (χ0) is 16.0. The van der Waals surface area contributed by atoms with Gasteiger partial charge in [0, 0.05) is 5.56 Å². The Kier molecular flexibility index (Phi) is 3.05. The van der Waals surface area contributed by atoms with E-state index in [1.807, 2.05) is 30.3 Å². The van der Waals surface area contributed by atoms with Crippen LogP contribution in [0.4, 0.5) is 9.59 Å². The van der Waals surface area contributed by atoms with Crippen LogP contribution in [0.25, 0.3) is 0 Å². The second-order valence-corrected chi connectivity index (χ2v) is 5.56. The molecule has 1 unspecified atom stereocenters. The van der Waals surface area contributed by atoms with Crippen LogP contribution in [0, 0.1) is 0 Å². The summed E-state index contributed by atoms with van der Waals surface area (Å²) in [5, 5.41) is 5.38. The fourth-order valence-electron chi connectivity index (χ4n) is 3.05. The van der Waals surface area contributed by atoms with E-state index in [0.717, 1.165) is 15.8 Å². The van der Waals surface area contributed by atoms with E-state index in [4.69, 9.17) is 10.6 Å². The maximum atomic E-state index is 12.4. The number of hydroxylamine groups is 2. The summed E-state index contributed by atoms with van der Waals surface area (Å²) in [6.07, 6.45) is 1.58. The minimum absolute atomic E-state index is 0.210. The molecule has 0 radical (unpaired) electrons. The first-order valence-electron chi connectivity index (χ1n) is 7.26. The van der Waals surface area contributed by atoms with Gasteiger partial charge in [0.25, 0.3) is 0 Å². The number of carbonyl (C=O) groups excluding carboxylic acids is 2. The lowest BCUT2D eigenvalue weighted by molar-refractivity contribution is -0.141. The van der Waals surface area contributed by atoms with Crippen molar-refractivity contribution < 1.29 is 14.4 Å². The van der Waals surface area contributed by atoms with E-state index in [1.165, 1.54) is 5.06 Å². The fraction of sp³-hybridized carbons (Fsp3) is 0.267. The van der Waals surface area contributed by atoms with Crippen LogP contribution in [-0.2, 0) is 18.0 Å². The van der Waals surface area contributed by atoms with Gasteiger partial charge in [-0.05, 0) is 5.56 Å². The zero-order valence-electron chi connectivity index (χ0n) is 12.3. The zero-order valence-corrected chi connectivity index (χ0v) is 12.3.